The minimum Gasteiger partial charge on any atom is -0.497 e. The van der Waals surface area contributed by atoms with Crippen LogP contribution in [0.15, 0.2) is 24.3 Å². The number of fused-ring (bicyclic) bond motifs is 1. The summed E-state index contributed by atoms with van der Waals surface area (Å²) in [5.41, 5.74) is 3.65. The standard InChI is InChI=1S/C20H26N4O3/c1-26-17-3-2-15-12-24(7-4-14(15)10-17)19-11-18(16-5-9-27-13-16)22-20(23-19)21-6-8-25/h2-3,10-11,16,25H,4-9,12-13H2,1H3,(H,21,22,23)/t16-/m1/s1. The van der Waals surface area contributed by atoms with Gasteiger partial charge in [-0.2, -0.15) is 4.98 Å². The molecule has 0 unspecified atom stereocenters. The number of methoxy groups -OCH3 is 1. The van der Waals surface area contributed by atoms with E-state index in [-0.39, 0.29) is 6.61 Å². The van der Waals surface area contributed by atoms with E-state index in [9.17, 15) is 0 Å². The van der Waals surface area contributed by atoms with Crippen molar-refractivity contribution in [2.24, 2.45) is 0 Å². The summed E-state index contributed by atoms with van der Waals surface area (Å²) < 4.78 is 10.9. The summed E-state index contributed by atoms with van der Waals surface area (Å²) in [6.45, 7) is 3.69. The minimum absolute atomic E-state index is 0.0500. The Morgan fingerprint density at radius 2 is 2.22 bits per heavy atom. The van der Waals surface area contributed by atoms with E-state index in [0.717, 1.165) is 49.8 Å². The quantitative estimate of drug-likeness (QED) is 0.804. The SMILES string of the molecule is COc1ccc2c(c1)CCN(c1cc([C@@H]3CCOC3)nc(NCCO)n1)C2. The number of nitrogens with zero attached hydrogens (tertiary/aromatic N) is 3. The van der Waals surface area contributed by atoms with Crippen molar-refractivity contribution in [1.29, 1.82) is 0 Å². The third kappa shape index (κ3) is 3.99. The molecule has 1 aromatic heterocycles. The molecule has 1 saturated heterocycles. The van der Waals surface area contributed by atoms with E-state index in [2.05, 4.69) is 33.4 Å². The van der Waals surface area contributed by atoms with Crippen molar-refractivity contribution in [3.63, 3.8) is 0 Å². The molecule has 2 aliphatic heterocycles. The van der Waals surface area contributed by atoms with E-state index < -0.39 is 0 Å². The average Bonchev–Trinajstić information content (AvgIpc) is 3.26. The molecule has 2 aliphatic rings. The van der Waals surface area contributed by atoms with Crippen LogP contribution in [0.2, 0.25) is 0 Å². The van der Waals surface area contributed by atoms with E-state index in [1.54, 1.807) is 7.11 Å². The highest BCUT2D eigenvalue weighted by Gasteiger charge is 2.24. The van der Waals surface area contributed by atoms with Crippen LogP contribution in [-0.2, 0) is 17.7 Å². The first-order valence-corrected chi connectivity index (χ1v) is 9.49. The summed E-state index contributed by atoms with van der Waals surface area (Å²) in [6, 6.07) is 8.37. The Morgan fingerprint density at radius 3 is 3.00 bits per heavy atom. The average molecular weight is 370 g/mol. The summed E-state index contributed by atoms with van der Waals surface area (Å²) in [5.74, 6) is 2.71. The van der Waals surface area contributed by atoms with Gasteiger partial charge in [-0.05, 0) is 36.1 Å². The predicted molar refractivity (Wildman–Crippen MR) is 104 cm³/mol. The van der Waals surface area contributed by atoms with Crippen molar-refractivity contribution in [3.05, 3.63) is 41.1 Å². The first-order valence-electron chi connectivity index (χ1n) is 9.49. The second-order valence-electron chi connectivity index (χ2n) is 6.99. The first-order chi connectivity index (χ1) is 13.3. The number of anilines is 2. The zero-order chi connectivity index (χ0) is 18.6. The number of aliphatic hydroxyl groups excluding tert-OH is 1. The summed E-state index contributed by atoms with van der Waals surface area (Å²) in [6.07, 6.45) is 1.94. The van der Waals surface area contributed by atoms with Crippen molar-refractivity contribution in [2.45, 2.75) is 25.3 Å². The molecule has 27 heavy (non-hydrogen) atoms. The van der Waals surface area contributed by atoms with Crippen molar-refractivity contribution in [1.82, 2.24) is 9.97 Å². The largest absolute Gasteiger partial charge is 0.497 e. The smallest absolute Gasteiger partial charge is 0.224 e. The van der Waals surface area contributed by atoms with Crippen molar-refractivity contribution >= 4 is 11.8 Å². The second-order valence-corrected chi connectivity index (χ2v) is 6.99. The number of hydrogen-bond donors (Lipinski definition) is 2. The second kappa shape index (κ2) is 8.10. The molecule has 1 atom stereocenters. The van der Waals surface area contributed by atoms with Gasteiger partial charge in [-0.1, -0.05) is 6.07 Å². The predicted octanol–water partition coefficient (Wildman–Crippen LogP) is 1.96. The lowest BCUT2D eigenvalue weighted by Gasteiger charge is -2.30. The first kappa shape index (κ1) is 18.0. The van der Waals surface area contributed by atoms with Gasteiger partial charge in [-0.25, -0.2) is 4.98 Å². The van der Waals surface area contributed by atoms with Crippen LogP contribution in [0.25, 0.3) is 0 Å². The van der Waals surface area contributed by atoms with Gasteiger partial charge in [0.05, 0.1) is 26.0 Å². The molecule has 0 amide bonds. The molecule has 2 aromatic rings. The van der Waals surface area contributed by atoms with E-state index in [4.69, 9.17) is 19.6 Å². The summed E-state index contributed by atoms with van der Waals surface area (Å²) >= 11 is 0. The highest BCUT2D eigenvalue weighted by Crippen LogP contribution is 2.30. The van der Waals surface area contributed by atoms with Gasteiger partial charge in [-0.15, -0.1) is 0 Å². The lowest BCUT2D eigenvalue weighted by atomic mass is 9.99. The number of aliphatic hydroxyl groups is 1. The number of aromatic nitrogens is 2. The molecule has 0 aliphatic carbocycles. The van der Waals surface area contributed by atoms with Gasteiger partial charge in [0.25, 0.3) is 0 Å². The van der Waals surface area contributed by atoms with Crippen LogP contribution in [-0.4, -0.2) is 55.1 Å². The van der Waals surface area contributed by atoms with Gasteiger partial charge < -0.3 is 24.8 Å². The molecule has 144 valence electrons. The molecule has 4 rings (SSSR count). The monoisotopic (exact) mass is 370 g/mol. The van der Waals surface area contributed by atoms with Crippen LogP contribution in [0.3, 0.4) is 0 Å². The maximum atomic E-state index is 9.12. The third-order valence-corrected chi connectivity index (χ3v) is 5.23. The fourth-order valence-electron chi connectivity index (χ4n) is 3.69. The molecule has 1 fully saturated rings. The van der Waals surface area contributed by atoms with Gasteiger partial charge in [0.15, 0.2) is 0 Å². The molecule has 2 N–H and O–H groups in total. The normalized spacial score (nSPS) is 19.0. The molecule has 0 spiro atoms. The van der Waals surface area contributed by atoms with Crippen LogP contribution in [0.1, 0.15) is 29.2 Å². The van der Waals surface area contributed by atoms with Gasteiger partial charge in [0.1, 0.15) is 11.6 Å². The highest BCUT2D eigenvalue weighted by atomic mass is 16.5. The van der Waals surface area contributed by atoms with Crippen LogP contribution >= 0.6 is 0 Å². The molecule has 7 heteroatoms. The van der Waals surface area contributed by atoms with E-state index >= 15 is 0 Å². The third-order valence-electron chi connectivity index (χ3n) is 5.23. The zero-order valence-corrected chi connectivity index (χ0v) is 15.6. The molecule has 7 nitrogen and oxygen atoms in total. The molecular weight excluding hydrogens is 344 g/mol. The minimum atomic E-state index is 0.0500. The van der Waals surface area contributed by atoms with Crippen LogP contribution in [0.5, 0.6) is 5.75 Å². The van der Waals surface area contributed by atoms with E-state index in [1.807, 2.05) is 6.07 Å². The maximum absolute atomic E-state index is 9.12. The Labute approximate surface area is 159 Å². The molecule has 0 saturated carbocycles. The number of ether oxygens (including phenoxy) is 2. The van der Waals surface area contributed by atoms with E-state index in [1.165, 1.54) is 11.1 Å². The highest BCUT2D eigenvalue weighted by molar-refractivity contribution is 5.49. The van der Waals surface area contributed by atoms with Crippen molar-refractivity contribution < 1.29 is 14.6 Å². The molecule has 0 bridgehead atoms. The molecular formula is C20H26N4O3. The maximum Gasteiger partial charge on any atom is 0.224 e. The Hall–Kier alpha value is -2.38. The fourth-order valence-corrected chi connectivity index (χ4v) is 3.69. The molecule has 1 aromatic carbocycles. The van der Waals surface area contributed by atoms with Gasteiger partial charge in [0.2, 0.25) is 5.95 Å². The lowest BCUT2D eigenvalue weighted by Crippen LogP contribution is -2.31. The van der Waals surface area contributed by atoms with Crippen LogP contribution in [0, 0.1) is 0 Å². The Morgan fingerprint density at radius 1 is 1.30 bits per heavy atom. The molecule has 3 heterocycles. The number of hydrogen-bond acceptors (Lipinski definition) is 7. The number of nitrogens with one attached hydrogen (secondary N) is 1. The van der Waals surface area contributed by atoms with Gasteiger partial charge in [0, 0.05) is 38.2 Å². The van der Waals surface area contributed by atoms with Crippen molar-refractivity contribution in [2.75, 3.05) is 50.2 Å². The number of rotatable bonds is 6. The Bertz CT molecular complexity index is 793. The summed E-state index contributed by atoms with van der Waals surface area (Å²) in [7, 11) is 1.70. The lowest BCUT2D eigenvalue weighted by molar-refractivity contribution is 0.193. The summed E-state index contributed by atoms with van der Waals surface area (Å²) in [4.78, 5) is 11.6. The van der Waals surface area contributed by atoms with Crippen molar-refractivity contribution in [3.8, 4) is 5.75 Å². The Balaban J connectivity index is 1.60. The van der Waals surface area contributed by atoms with Crippen LogP contribution < -0.4 is 15.0 Å². The fraction of sp³-hybridized carbons (Fsp3) is 0.500. The number of benzene rings is 1. The topological polar surface area (TPSA) is 79.7 Å². The zero-order valence-electron chi connectivity index (χ0n) is 15.6. The molecule has 0 radical (unpaired) electrons. The summed E-state index contributed by atoms with van der Waals surface area (Å²) in [5, 5.41) is 12.2. The van der Waals surface area contributed by atoms with E-state index in [0.29, 0.717) is 25.0 Å². The van der Waals surface area contributed by atoms with Gasteiger partial charge in [-0.3, -0.25) is 0 Å². The van der Waals surface area contributed by atoms with Crippen LogP contribution in [0.4, 0.5) is 11.8 Å². The Kier molecular flexibility index (Phi) is 5.40. The van der Waals surface area contributed by atoms with Gasteiger partial charge >= 0.3 is 0 Å².